The first kappa shape index (κ1) is 20.5. The minimum absolute atomic E-state index is 0.369. The maximum absolute atomic E-state index is 5.60. The van der Waals surface area contributed by atoms with Crippen LogP contribution in [0.3, 0.4) is 0 Å². The average Bonchev–Trinajstić information content (AvgIpc) is 3.22. The van der Waals surface area contributed by atoms with Gasteiger partial charge in [0.1, 0.15) is 0 Å². The van der Waals surface area contributed by atoms with Gasteiger partial charge in [0, 0.05) is 85.3 Å². The Morgan fingerprint density at radius 3 is 2.61 bits per heavy atom. The predicted molar refractivity (Wildman–Crippen MR) is 127 cm³/mol. The van der Waals surface area contributed by atoms with Gasteiger partial charge in [-0.3, -0.25) is 9.88 Å². The summed E-state index contributed by atoms with van der Waals surface area (Å²) in [5.74, 6) is 0. The van der Waals surface area contributed by atoms with Crippen molar-refractivity contribution in [3.8, 4) is 11.3 Å². The number of hydrogen-bond donors (Lipinski definition) is 2. The van der Waals surface area contributed by atoms with E-state index < -0.39 is 0 Å². The van der Waals surface area contributed by atoms with Crippen LogP contribution in [-0.4, -0.2) is 72.9 Å². The summed E-state index contributed by atoms with van der Waals surface area (Å²) < 4.78 is 5.60. The molecule has 31 heavy (non-hydrogen) atoms. The van der Waals surface area contributed by atoms with E-state index in [1.165, 1.54) is 22.3 Å². The lowest BCUT2D eigenvalue weighted by molar-refractivity contribution is 0.0768. The molecule has 2 aliphatic heterocycles. The van der Waals surface area contributed by atoms with Gasteiger partial charge in [-0.1, -0.05) is 12.1 Å². The molecule has 1 unspecified atom stereocenters. The molecule has 0 amide bonds. The van der Waals surface area contributed by atoms with Crippen LogP contribution in [0.5, 0.6) is 0 Å². The highest BCUT2D eigenvalue weighted by molar-refractivity contribution is 5.93. The molecule has 6 heteroatoms. The fraction of sp³-hybridized carbons (Fsp3) is 0.480. The third-order valence-corrected chi connectivity index (χ3v) is 6.62. The van der Waals surface area contributed by atoms with Crippen LogP contribution in [-0.2, 0) is 11.2 Å². The molecule has 2 saturated heterocycles. The van der Waals surface area contributed by atoms with Crippen molar-refractivity contribution >= 4 is 16.6 Å². The third kappa shape index (κ3) is 4.47. The maximum Gasteiger partial charge on any atom is 0.0795 e. The van der Waals surface area contributed by atoms with Crippen molar-refractivity contribution < 1.29 is 4.74 Å². The van der Waals surface area contributed by atoms with Crippen molar-refractivity contribution in [2.24, 2.45) is 0 Å². The number of hydrogen-bond acceptors (Lipinski definition) is 5. The number of benzene rings is 1. The van der Waals surface area contributed by atoms with Gasteiger partial charge in [0.05, 0.1) is 18.9 Å². The molecular weight excluding hydrogens is 386 g/mol. The number of morpholine rings is 1. The second-order valence-corrected chi connectivity index (χ2v) is 9.01. The summed E-state index contributed by atoms with van der Waals surface area (Å²) in [6.45, 7) is 11.5. The zero-order valence-corrected chi connectivity index (χ0v) is 18.6. The molecular formula is C25H33N5O. The third-order valence-electron chi connectivity index (χ3n) is 6.62. The van der Waals surface area contributed by atoms with E-state index in [9.17, 15) is 0 Å². The van der Waals surface area contributed by atoms with E-state index in [1.54, 1.807) is 0 Å². The average molecular weight is 420 g/mol. The van der Waals surface area contributed by atoms with Crippen LogP contribution in [0.25, 0.3) is 22.2 Å². The van der Waals surface area contributed by atoms with Crippen LogP contribution >= 0.6 is 0 Å². The van der Waals surface area contributed by atoms with Crippen LogP contribution < -0.4 is 10.2 Å². The van der Waals surface area contributed by atoms with E-state index in [2.05, 4.69) is 70.3 Å². The highest BCUT2D eigenvalue weighted by Crippen LogP contribution is 2.29. The van der Waals surface area contributed by atoms with Crippen LogP contribution in [0, 0.1) is 0 Å². The molecule has 6 nitrogen and oxygen atoms in total. The fourth-order valence-electron chi connectivity index (χ4n) is 4.79. The topological polar surface area (TPSA) is 56.4 Å². The fourth-order valence-corrected chi connectivity index (χ4v) is 4.79. The van der Waals surface area contributed by atoms with E-state index in [1.807, 2.05) is 6.20 Å². The summed E-state index contributed by atoms with van der Waals surface area (Å²) in [5, 5.41) is 4.72. The molecule has 2 aliphatic rings. The van der Waals surface area contributed by atoms with Crippen LogP contribution in [0.4, 0.5) is 5.69 Å². The number of fused-ring (bicyclic) bond motifs is 1. The molecule has 2 aromatic heterocycles. The van der Waals surface area contributed by atoms with Crippen LogP contribution in [0.2, 0.25) is 0 Å². The Labute approximate surface area is 184 Å². The number of rotatable bonds is 5. The quantitative estimate of drug-likeness (QED) is 0.665. The summed E-state index contributed by atoms with van der Waals surface area (Å²) in [6.07, 6.45) is 2.84. The number of aromatic amines is 1. The second kappa shape index (κ2) is 8.99. The van der Waals surface area contributed by atoms with Crippen molar-refractivity contribution in [3.05, 3.63) is 48.3 Å². The monoisotopic (exact) mass is 419 g/mol. The molecule has 5 rings (SSSR count). The zero-order valence-electron chi connectivity index (χ0n) is 18.6. The largest absolute Gasteiger partial charge is 0.379 e. The molecule has 0 spiro atoms. The minimum Gasteiger partial charge on any atom is -0.379 e. The highest BCUT2D eigenvalue weighted by atomic mass is 16.5. The number of ether oxygens (including phenoxy) is 1. The molecule has 4 heterocycles. The molecule has 0 bridgehead atoms. The van der Waals surface area contributed by atoms with Crippen molar-refractivity contribution in [1.29, 1.82) is 0 Å². The summed E-state index contributed by atoms with van der Waals surface area (Å²) in [4.78, 5) is 13.3. The first-order valence-electron chi connectivity index (χ1n) is 11.5. The van der Waals surface area contributed by atoms with E-state index in [0.717, 1.165) is 63.6 Å². The van der Waals surface area contributed by atoms with Gasteiger partial charge in [-0.15, -0.1) is 0 Å². The van der Waals surface area contributed by atoms with Crippen LogP contribution in [0.1, 0.15) is 19.5 Å². The molecule has 3 aromatic rings. The molecule has 1 aromatic carbocycles. The van der Waals surface area contributed by atoms with Crippen molar-refractivity contribution in [1.82, 2.24) is 20.2 Å². The number of aromatic nitrogens is 2. The normalized spacial score (nSPS) is 20.6. The first-order valence-corrected chi connectivity index (χ1v) is 11.5. The van der Waals surface area contributed by atoms with Crippen molar-refractivity contribution in [3.63, 3.8) is 0 Å². The minimum atomic E-state index is 0.369. The SMILES string of the molecule is CC(C)N1CCN(c2ccc(-c3nccc4[nH]c(CC5COCCN5)cc34)cc2)CC1. The van der Waals surface area contributed by atoms with E-state index >= 15 is 0 Å². The Balaban J connectivity index is 1.33. The molecule has 2 N–H and O–H groups in total. The Kier molecular flexibility index (Phi) is 5.94. The highest BCUT2D eigenvalue weighted by Gasteiger charge is 2.19. The number of pyridine rings is 1. The van der Waals surface area contributed by atoms with Gasteiger partial charge in [-0.05, 0) is 38.1 Å². The van der Waals surface area contributed by atoms with E-state index in [-0.39, 0.29) is 0 Å². The van der Waals surface area contributed by atoms with Gasteiger partial charge in [0.2, 0.25) is 0 Å². The lowest BCUT2D eigenvalue weighted by Gasteiger charge is -2.38. The maximum atomic E-state index is 5.60. The Morgan fingerprint density at radius 2 is 1.90 bits per heavy atom. The van der Waals surface area contributed by atoms with Gasteiger partial charge in [-0.25, -0.2) is 0 Å². The van der Waals surface area contributed by atoms with E-state index in [0.29, 0.717) is 12.1 Å². The smallest absolute Gasteiger partial charge is 0.0795 e. The molecule has 0 radical (unpaired) electrons. The zero-order chi connectivity index (χ0) is 21.2. The number of anilines is 1. The van der Waals surface area contributed by atoms with Crippen molar-refractivity contribution in [2.75, 3.05) is 50.8 Å². The predicted octanol–water partition coefficient (Wildman–Crippen LogP) is 3.29. The van der Waals surface area contributed by atoms with Gasteiger partial charge < -0.3 is 19.9 Å². The molecule has 164 valence electrons. The van der Waals surface area contributed by atoms with Gasteiger partial charge >= 0.3 is 0 Å². The summed E-state index contributed by atoms with van der Waals surface area (Å²) >= 11 is 0. The molecule has 2 fully saturated rings. The summed E-state index contributed by atoms with van der Waals surface area (Å²) in [7, 11) is 0. The Morgan fingerprint density at radius 1 is 1.10 bits per heavy atom. The van der Waals surface area contributed by atoms with Crippen molar-refractivity contribution in [2.45, 2.75) is 32.4 Å². The molecule has 0 aliphatic carbocycles. The Hall–Kier alpha value is -2.41. The van der Waals surface area contributed by atoms with Crippen LogP contribution in [0.15, 0.2) is 42.6 Å². The van der Waals surface area contributed by atoms with E-state index in [4.69, 9.17) is 9.72 Å². The summed E-state index contributed by atoms with van der Waals surface area (Å²) in [6, 6.07) is 14.3. The second-order valence-electron chi connectivity index (χ2n) is 9.01. The number of piperazine rings is 1. The molecule has 1 atom stereocenters. The summed E-state index contributed by atoms with van der Waals surface area (Å²) in [5.41, 5.74) is 5.89. The standard InChI is InChI=1S/C25H33N5O/c1-18(2)29-10-12-30(13-11-29)22-5-3-19(4-6-22)25-23-16-20(28-24(23)7-8-27-25)15-21-17-31-14-9-26-21/h3-8,16,18,21,26,28H,9-15,17H2,1-2H3. The van der Waals surface area contributed by atoms with Gasteiger partial charge in [0.25, 0.3) is 0 Å². The number of nitrogens with one attached hydrogen (secondary N) is 2. The first-order chi connectivity index (χ1) is 15.2. The molecule has 0 saturated carbocycles. The lowest BCUT2D eigenvalue weighted by atomic mass is 10.1. The van der Waals surface area contributed by atoms with Gasteiger partial charge in [0.15, 0.2) is 0 Å². The lowest BCUT2D eigenvalue weighted by Crippen LogP contribution is -2.48. The van der Waals surface area contributed by atoms with Gasteiger partial charge in [-0.2, -0.15) is 0 Å². The number of H-pyrrole nitrogens is 1. The Bertz CT molecular complexity index is 998. The number of nitrogens with zero attached hydrogens (tertiary/aromatic N) is 3.